The summed E-state index contributed by atoms with van der Waals surface area (Å²) in [6.45, 7) is 0. The van der Waals surface area contributed by atoms with Crippen LogP contribution in [-0.4, -0.2) is 22.0 Å². The van der Waals surface area contributed by atoms with Gasteiger partial charge in [-0.3, -0.25) is 4.21 Å². The van der Waals surface area contributed by atoms with Crippen molar-refractivity contribution in [3.05, 3.63) is 60.2 Å². The SMILES string of the molecule is CNC(=S)[C@]1(c2ccc(-c3ccccc3)cc2)CCCCS1=O. The second-order valence-corrected chi connectivity index (χ2v) is 8.06. The Labute approximate surface area is 145 Å². The van der Waals surface area contributed by atoms with Gasteiger partial charge < -0.3 is 5.32 Å². The molecule has 2 atom stereocenters. The van der Waals surface area contributed by atoms with E-state index in [0.29, 0.717) is 4.99 Å². The van der Waals surface area contributed by atoms with Crippen molar-refractivity contribution in [1.29, 1.82) is 0 Å². The van der Waals surface area contributed by atoms with E-state index in [-0.39, 0.29) is 0 Å². The lowest BCUT2D eigenvalue weighted by molar-refractivity contribution is 0.574. The number of rotatable bonds is 3. The number of nitrogens with one attached hydrogen (secondary N) is 1. The summed E-state index contributed by atoms with van der Waals surface area (Å²) in [5, 5.41) is 3.09. The molecule has 2 nitrogen and oxygen atoms in total. The molecule has 0 aromatic heterocycles. The van der Waals surface area contributed by atoms with E-state index in [1.165, 1.54) is 11.1 Å². The largest absolute Gasteiger partial charge is 0.381 e. The summed E-state index contributed by atoms with van der Waals surface area (Å²) in [7, 11) is 0.855. The summed E-state index contributed by atoms with van der Waals surface area (Å²) in [4.78, 5) is 0.697. The van der Waals surface area contributed by atoms with Crippen molar-refractivity contribution in [1.82, 2.24) is 5.32 Å². The Bertz CT molecular complexity index is 702. The fourth-order valence-electron chi connectivity index (χ4n) is 3.28. The highest BCUT2D eigenvalue weighted by atomic mass is 32.2. The zero-order chi connectivity index (χ0) is 16.3. The third-order valence-electron chi connectivity index (χ3n) is 4.55. The van der Waals surface area contributed by atoms with E-state index in [1.807, 2.05) is 25.2 Å². The van der Waals surface area contributed by atoms with Gasteiger partial charge in [0.25, 0.3) is 0 Å². The molecule has 0 saturated carbocycles. The van der Waals surface area contributed by atoms with Gasteiger partial charge in [0, 0.05) is 23.6 Å². The quantitative estimate of drug-likeness (QED) is 0.853. The van der Waals surface area contributed by atoms with Crippen LogP contribution in [0.1, 0.15) is 24.8 Å². The molecule has 1 fully saturated rings. The highest BCUT2D eigenvalue weighted by Crippen LogP contribution is 2.39. The first-order valence-electron chi connectivity index (χ1n) is 7.95. The molecule has 4 heteroatoms. The van der Waals surface area contributed by atoms with Gasteiger partial charge in [-0.15, -0.1) is 0 Å². The molecular formula is C19H21NOS2. The average molecular weight is 344 g/mol. The topological polar surface area (TPSA) is 29.1 Å². The molecule has 0 bridgehead atoms. The smallest absolute Gasteiger partial charge is 0.121 e. The molecule has 120 valence electrons. The van der Waals surface area contributed by atoms with Crippen LogP contribution in [0.5, 0.6) is 0 Å². The third-order valence-corrected chi connectivity index (χ3v) is 7.31. The molecule has 23 heavy (non-hydrogen) atoms. The van der Waals surface area contributed by atoms with E-state index in [2.05, 4.69) is 41.7 Å². The van der Waals surface area contributed by atoms with Crippen molar-refractivity contribution in [2.45, 2.75) is 24.0 Å². The maximum Gasteiger partial charge on any atom is 0.121 e. The van der Waals surface area contributed by atoms with Crippen LogP contribution in [0.25, 0.3) is 11.1 Å². The van der Waals surface area contributed by atoms with Crippen LogP contribution < -0.4 is 5.32 Å². The Balaban J connectivity index is 2.01. The normalized spacial score (nSPS) is 24.1. The van der Waals surface area contributed by atoms with Crippen molar-refractivity contribution in [3.8, 4) is 11.1 Å². The van der Waals surface area contributed by atoms with E-state index < -0.39 is 15.5 Å². The van der Waals surface area contributed by atoms with E-state index >= 15 is 0 Å². The molecule has 1 aliphatic rings. The van der Waals surface area contributed by atoms with Gasteiger partial charge in [-0.05, 0) is 29.5 Å². The lowest BCUT2D eigenvalue weighted by Gasteiger charge is -2.37. The minimum Gasteiger partial charge on any atom is -0.381 e. The van der Waals surface area contributed by atoms with Gasteiger partial charge in [0.1, 0.15) is 4.75 Å². The van der Waals surface area contributed by atoms with Crippen LogP contribution in [0.3, 0.4) is 0 Å². The molecule has 0 radical (unpaired) electrons. The summed E-state index contributed by atoms with van der Waals surface area (Å²) in [6, 6.07) is 18.7. The van der Waals surface area contributed by atoms with E-state index in [1.54, 1.807) is 0 Å². The third kappa shape index (κ3) is 2.98. The molecule has 0 aliphatic carbocycles. The predicted octanol–water partition coefficient (Wildman–Crippen LogP) is 4.03. The molecular weight excluding hydrogens is 322 g/mol. The molecule has 1 heterocycles. The first-order chi connectivity index (χ1) is 11.2. The second kappa shape index (κ2) is 6.93. The molecule has 0 spiro atoms. The van der Waals surface area contributed by atoms with Gasteiger partial charge in [-0.2, -0.15) is 0 Å². The monoisotopic (exact) mass is 343 g/mol. The summed E-state index contributed by atoms with van der Waals surface area (Å²) in [5.74, 6) is 0.724. The van der Waals surface area contributed by atoms with E-state index in [9.17, 15) is 4.21 Å². The fraction of sp³-hybridized carbons (Fsp3) is 0.316. The van der Waals surface area contributed by atoms with Crippen LogP contribution in [0.2, 0.25) is 0 Å². The summed E-state index contributed by atoms with van der Waals surface area (Å²) in [6.07, 6.45) is 2.93. The lowest BCUT2D eigenvalue weighted by atomic mass is 9.90. The minimum atomic E-state index is -0.972. The van der Waals surface area contributed by atoms with Crippen LogP contribution >= 0.6 is 12.2 Å². The van der Waals surface area contributed by atoms with Crippen molar-refractivity contribution < 1.29 is 4.21 Å². The Morgan fingerprint density at radius 2 is 1.70 bits per heavy atom. The molecule has 2 aromatic rings. The van der Waals surface area contributed by atoms with Crippen LogP contribution in [0, 0.1) is 0 Å². The number of likely N-dealkylation sites (N-methyl/N-ethyl adjacent to an activating group) is 1. The highest BCUT2D eigenvalue weighted by molar-refractivity contribution is 7.90. The molecule has 0 amide bonds. The number of hydrogen-bond acceptors (Lipinski definition) is 2. The Hall–Kier alpha value is -1.52. The van der Waals surface area contributed by atoms with Gasteiger partial charge in [-0.25, -0.2) is 0 Å². The van der Waals surface area contributed by atoms with Gasteiger partial charge in [0.05, 0.1) is 4.99 Å². The summed E-state index contributed by atoms with van der Waals surface area (Å²) >= 11 is 5.57. The van der Waals surface area contributed by atoms with Crippen LogP contribution in [0.15, 0.2) is 54.6 Å². The first kappa shape index (κ1) is 16.3. The average Bonchev–Trinajstić information content (AvgIpc) is 2.62. The number of hydrogen-bond donors (Lipinski definition) is 1. The van der Waals surface area contributed by atoms with Crippen molar-refractivity contribution >= 4 is 28.0 Å². The molecule has 2 aromatic carbocycles. The number of benzene rings is 2. The fourth-order valence-corrected chi connectivity index (χ4v) is 5.68. The second-order valence-electron chi connectivity index (χ2n) is 5.86. The Morgan fingerprint density at radius 1 is 1.04 bits per heavy atom. The van der Waals surface area contributed by atoms with Gasteiger partial charge in [0.2, 0.25) is 0 Å². The van der Waals surface area contributed by atoms with Crippen molar-refractivity contribution in [2.75, 3.05) is 12.8 Å². The standard InChI is InChI=1S/C19H21NOS2/c1-20-18(22)19(13-5-6-14-23(19)21)17-11-9-16(10-12-17)15-7-3-2-4-8-15/h2-4,7-12H,5-6,13-14H2,1H3,(H,20,22)/t19-,23?/m1/s1. The van der Waals surface area contributed by atoms with Crippen molar-refractivity contribution in [2.24, 2.45) is 0 Å². The van der Waals surface area contributed by atoms with Gasteiger partial charge in [-0.1, -0.05) is 73.2 Å². The van der Waals surface area contributed by atoms with Gasteiger partial charge >= 0.3 is 0 Å². The molecule has 1 saturated heterocycles. The zero-order valence-electron chi connectivity index (χ0n) is 13.2. The van der Waals surface area contributed by atoms with E-state index in [4.69, 9.17) is 12.2 Å². The maximum absolute atomic E-state index is 12.9. The van der Waals surface area contributed by atoms with Gasteiger partial charge in [0.15, 0.2) is 0 Å². The summed E-state index contributed by atoms with van der Waals surface area (Å²) in [5.41, 5.74) is 3.42. The highest BCUT2D eigenvalue weighted by Gasteiger charge is 2.44. The Morgan fingerprint density at radius 3 is 2.30 bits per heavy atom. The predicted molar refractivity (Wildman–Crippen MR) is 102 cm³/mol. The minimum absolute atomic E-state index is 0.530. The molecule has 1 N–H and O–H groups in total. The number of thiocarbonyl (C=S) groups is 1. The van der Waals surface area contributed by atoms with Crippen molar-refractivity contribution in [3.63, 3.8) is 0 Å². The van der Waals surface area contributed by atoms with Crippen LogP contribution in [0.4, 0.5) is 0 Å². The molecule has 1 unspecified atom stereocenters. The van der Waals surface area contributed by atoms with Crippen LogP contribution in [-0.2, 0) is 15.5 Å². The zero-order valence-corrected chi connectivity index (χ0v) is 14.9. The van der Waals surface area contributed by atoms with E-state index in [0.717, 1.165) is 30.6 Å². The molecule has 3 rings (SSSR count). The Kier molecular flexibility index (Phi) is 4.93. The first-order valence-corrected chi connectivity index (χ1v) is 9.68. The lowest BCUT2D eigenvalue weighted by Crippen LogP contribution is -2.47. The molecule has 1 aliphatic heterocycles. The summed E-state index contributed by atoms with van der Waals surface area (Å²) < 4.78 is 12.3. The maximum atomic E-state index is 12.9.